The summed E-state index contributed by atoms with van der Waals surface area (Å²) in [5, 5.41) is 11.9. The van der Waals surface area contributed by atoms with Crippen molar-refractivity contribution in [3.63, 3.8) is 0 Å². The van der Waals surface area contributed by atoms with Gasteiger partial charge >= 0.3 is 23.9 Å². The zero-order chi connectivity index (χ0) is 60.0. The topological polar surface area (TPSA) is 138 Å². The van der Waals surface area contributed by atoms with E-state index in [0.29, 0.717) is 51.4 Å². The van der Waals surface area contributed by atoms with Gasteiger partial charge in [0.15, 0.2) is 10.8 Å². The monoisotopic (exact) mass is 1090 g/mol. The second kappa shape index (κ2) is 21.5. The number of esters is 4. The first-order chi connectivity index (χ1) is 34.9. The lowest BCUT2D eigenvalue weighted by Crippen LogP contribution is -2.62. The predicted molar refractivity (Wildman–Crippen MR) is 314 cm³/mol. The van der Waals surface area contributed by atoms with Crippen molar-refractivity contribution < 1.29 is 43.2 Å². The fourth-order valence-corrected chi connectivity index (χ4v) is 14.5. The van der Waals surface area contributed by atoms with Crippen LogP contribution in [0.3, 0.4) is 0 Å². The van der Waals surface area contributed by atoms with E-state index in [1.165, 1.54) is 0 Å². The van der Waals surface area contributed by atoms with E-state index >= 15 is 19.2 Å². The summed E-state index contributed by atoms with van der Waals surface area (Å²) in [6.07, 6.45) is 0.721. The molecule has 13 heteroatoms. The number of hydrogen-bond acceptors (Lipinski definition) is 13. The number of aromatic hydroxyl groups is 1. The third-order valence-electron chi connectivity index (χ3n) is 20.6. The lowest BCUT2D eigenvalue weighted by molar-refractivity contribution is -0.199. The predicted octanol–water partition coefficient (Wildman–Crippen LogP) is 12.5. The van der Waals surface area contributed by atoms with Crippen LogP contribution in [-0.2, 0) is 55.4 Å². The number of rotatable bonds is 14. The number of hydrogen-bond donors (Lipinski definition) is 1. The Labute approximate surface area is 474 Å². The van der Waals surface area contributed by atoms with E-state index in [2.05, 4.69) is 200 Å². The van der Waals surface area contributed by atoms with E-state index in [1.54, 1.807) is 6.92 Å². The normalized spacial score (nSPS) is 24.6. The van der Waals surface area contributed by atoms with E-state index in [4.69, 9.17) is 18.9 Å². The van der Waals surface area contributed by atoms with Crippen molar-refractivity contribution >= 4 is 23.9 Å². The van der Waals surface area contributed by atoms with Crippen molar-refractivity contribution in [3.8, 4) is 5.75 Å². The van der Waals surface area contributed by atoms with Gasteiger partial charge in [0.25, 0.3) is 0 Å². The molecule has 0 spiro atoms. The highest BCUT2D eigenvalue weighted by Crippen LogP contribution is 2.51. The molecule has 1 N–H and O–H groups in total. The average molecular weight is 1090 g/mol. The van der Waals surface area contributed by atoms with Crippen molar-refractivity contribution in [2.45, 2.75) is 316 Å². The second-order valence-corrected chi connectivity index (χ2v) is 32.2. The van der Waals surface area contributed by atoms with Gasteiger partial charge in [-0.25, -0.2) is 0 Å². The number of piperidine rings is 4. The molecule has 0 bridgehead atoms. The van der Waals surface area contributed by atoms with Gasteiger partial charge in [0.05, 0.1) is 0 Å². The zero-order valence-electron chi connectivity index (χ0n) is 54.5. The number of phenolic OH excluding ortho intramolecular Hbond substituents is 1. The van der Waals surface area contributed by atoms with Gasteiger partial charge in [-0.05, 0) is 186 Å². The molecule has 4 saturated heterocycles. The van der Waals surface area contributed by atoms with E-state index in [0.717, 1.165) is 16.7 Å². The third kappa shape index (κ3) is 13.3. The average Bonchev–Trinajstić information content (AvgIpc) is 3.24. The Morgan fingerprint density at radius 1 is 0.449 bits per heavy atom. The Hall–Kier alpha value is -3.26. The molecule has 0 atom stereocenters. The van der Waals surface area contributed by atoms with Crippen LogP contribution in [0.25, 0.3) is 0 Å². The quantitative estimate of drug-likeness (QED) is 0.108. The first-order valence-electron chi connectivity index (χ1n) is 29.6. The molecule has 4 aliphatic rings. The third-order valence-corrected chi connectivity index (χ3v) is 20.6. The fraction of sp³-hybridized carbons (Fsp3) is 0.846. The Bertz CT molecular complexity index is 2160. The summed E-state index contributed by atoms with van der Waals surface area (Å²) < 4.78 is 27.4. The number of nitrogens with zero attached hydrogens (tertiary/aromatic N) is 4. The smallest absolute Gasteiger partial charge is 0.323 e. The SMILES string of the molecule is CCC(CC(CCc1cc(C(C)(C)C)c(O)c(C(C)(C)C)c1)(C(=O)OC1CC(C)(C)N(C)C(C)(C)C1)C(=O)OC1CC(C)(C)N(C)C(C)(C)C1)(C(=O)OC1CC(C)(C)N(C)C(C)(C)C1)C(=O)OC1CC(C)(C)N(C)C(C)(C)C1. The van der Waals surface area contributed by atoms with Gasteiger partial charge in [-0.1, -0.05) is 60.6 Å². The number of likely N-dealkylation sites (tertiary alicyclic amines) is 4. The maximum atomic E-state index is 16.5. The Morgan fingerprint density at radius 2 is 0.667 bits per heavy atom. The van der Waals surface area contributed by atoms with Crippen LogP contribution in [0.4, 0.5) is 0 Å². The fourth-order valence-electron chi connectivity index (χ4n) is 14.5. The zero-order valence-corrected chi connectivity index (χ0v) is 54.5. The second-order valence-electron chi connectivity index (χ2n) is 32.2. The molecular formula is C65H112N4O9. The molecule has 4 aliphatic heterocycles. The Morgan fingerprint density at radius 3 is 0.872 bits per heavy atom. The highest BCUT2D eigenvalue weighted by atomic mass is 16.6. The molecule has 0 saturated carbocycles. The maximum Gasteiger partial charge on any atom is 0.323 e. The minimum atomic E-state index is -2.25. The molecule has 4 heterocycles. The Balaban J connectivity index is 1.83. The largest absolute Gasteiger partial charge is 0.507 e. The minimum Gasteiger partial charge on any atom is -0.507 e. The van der Waals surface area contributed by atoms with Crippen molar-refractivity contribution in [2.24, 2.45) is 10.8 Å². The molecule has 0 unspecified atom stereocenters. The summed E-state index contributed by atoms with van der Waals surface area (Å²) in [4.78, 5) is 74.4. The van der Waals surface area contributed by atoms with Crippen LogP contribution in [0.5, 0.6) is 5.75 Å². The molecule has 1 aromatic carbocycles. The molecule has 4 fully saturated rings. The first-order valence-corrected chi connectivity index (χ1v) is 29.6. The van der Waals surface area contributed by atoms with Gasteiger partial charge in [0.1, 0.15) is 30.2 Å². The van der Waals surface area contributed by atoms with Gasteiger partial charge in [-0.2, -0.15) is 0 Å². The summed E-state index contributed by atoms with van der Waals surface area (Å²) in [7, 11) is 8.35. The standard InChI is InChI=1S/C65H112N4O9/c1-28-64(50(71)75-43-33-56(8,9)66(24)57(10,11)34-43,51(72)76-44-35-58(12,13)67(25)59(14,15)36-44)41-65(52(73)77-45-37-60(16,17)68(26)61(18,19)38-45,53(74)78-46-39-62(20,21)69(27)63(22,23)40-46)30-29-42-31-47(54(2,3)4)49(70)48(32-42)55(5,6)7/h31-32,43-46,70H,28-30,33-41H2,1-27H3. The molecule has 13 nitrogen and oxygen atoms in total. The van der Waals surface area contributed by atoms with Gasteiger partial charge in [-0.15, -0.1) is 0 Å². The Kier molecular flexibility index (Phi) is 18.1. The molecule has 0 aliphatic carbocycles. The van der Waals surface area contributed by atoms with Crippen LogP contribution in [0.1, 0.15) is 247 Å². The van der Waals surface area contributed by atoms with Crippen molar-refractivity contribution in [3.05, 3.63) is 28.8 Å². The van der Waals surface area contributed by atoms with Crippen LogP contribution < -0.4 is 0 Å². The highest BCUT2D eigenvalue weighted by Gasteiger charge is 2.63. The summed E-state index contributed by atoms with van der Waals surface area (Å²) in [5.41, 5.74) is -6.22. The van der Waals surface area contributed by atoms with E-state index in [-0.39, 0.29) is 47.2 Å². The number of phenols is 1. The van der Waals surface area contributed by atoms with Crippen LogP contribution in [0, 0.1) is 10.8 Å². The van der Waals surface area contributed by atoms with Crippen molar-refractivity contribution in [2.75, 3.05) is 28.2 Å². The summed E-state index contributed by atoms with van der Waals surface area (Å²) >= 11 is 0. The van der Waals surface area contributed by atoms with Gasteiger partial charge in [0.2, 0.25) is 0 Å². The molecular weight excluding hydrogens is 981 g/mol. The van der Waals surface area contributed by atoms with Gasteiger partial charge in [-0.3, -0.25) is 38.8 Å². The summed E-state index contributed by atoms with van der Waals surface area (Å²) in [6, 6.07) is 3.94. The first kappa shape index (κ1) is 65.5. The van der Waals surface area contributed by atoms with E-state index in [1.807, 2.05) is 12.1 Å². The number of ether oxygens (including phenoxy) is 4. The van der Waals surface area contributed by atoms with E-state index < -0.39 is 98.5 Å². The molecule has 5 rings (SSSR count). The molecule has 446 valence electrons. The van der Waals surface area contributed by atoms with Crippen LogP contribution >= 0.6 is 0 Å². The van der Waals surface area contributed by atoms with Crippen molar-refractivity contribution in [1.82, 2.24) is 19.6 Å². The lowest BCUT2D eigenvalue weighted by Gasteiger charge is -2.54. The lowest BCUT2D eigenvalue weighted by atomic mass is 9.66. The minimum absolute atomic E-state index is 0.129. The number of carbonyl (C=O) groups excluding carboxylic acids is 4. The summed E-state index contributed by atoms with van der Waals surface area (Å²) in [5.74, 6) is -3.07. The van der Waals surface area contributed by atoms with Crippen molar-refractivity contribution in [1.29, 1.82) is 0 Å². The molecule has 0 radical (unpaired) electrons. The van der Waals surface area contributed by atoms with E-state index in [9.17, 15) is 5.11 Å². The number of benzene rings is 1. The van der Waals surface area contributed by atoms with Crippen LogP contribution in [-0.4, -0.2) is 146 Å². The molecule has 0 aromatic heterocycles. The van der Waals surface area contributed by atoms with Gasteiger partial charge < -0.3 is 24.1 Å². The molecule has 1 aromatic rings. The number of carbonyl (C=O) groups is 4. The van der Waals surface area contributed by atoms with Crippen LogP contribution in [0.2, 0.25) is 0 Å². The molecule has 78 heavy (non-hydrogen) atoms. The highest BCUT2D eigenvalue weighted by molar-refractivity contribution is 6.05. The van der Waals surface area contributed by atoms with Crippen LogP contribution in [0.15, 0.2) is 12.1 Å². The summed E-state index contributed by atoms with van der Waals surface area (Å²) in [6.45, 7) is 48.2. The number of aryl methyl sites for hydroxylation is 1. The molecule has 0 amide bonds. The van der Waals surface area contributed by atoms with Gasteiger partial charge in [0, 0.05) is 102 Å². The maximum absolute atomic E-state index is 16.5.